The number of nitrogens with two attached hydrogens (primary N) is 1. The van der Waals surface area contributed by atoms with Gasteiger partial charge in [0.15, 0.2) is 0 Å². The van der Waals surface area contributed by atoms with E-state index in [1.165, 1.54) is 0 Å². The standard InChI is InChI=1S/C7H15FN2O/c8-7-1-3-10(4-2-7)5-6-11-9/h7H,1-6,9H2. The molecule has 0 aromatic rings. The fourth-order valence-corrected chi connectivity index (χ4v) is 1.31. The van der Waals surface area contributed by atoms with Crippen LogP contribution in [0.3, 0.4) is 0 Å². The molecule has 66 valence electrons. The zero-order chi connectivity index (χ0) is 8.10. The van der Waals surface area contributed by atoms with E-state index in [-0.39, 0.29) is 0 Å². The summed E-state index contributed by atoms with van der Waals surface area (Å²) in [6.07, 6.45) is 0.722. The predicted molar refractivity (Wildman–Crippen MR) is 40.7 cm³/mol. The number of alkyl halides is 1. The molecule has 0 atom stereocenters. The summed E-state index contributed by atoms with van der Waals surface area (Å²) in [4.78, 5) is 6.61. The van der Waals surface area contributed by atoms with Crippen LogP contribution in [-0.2, 0) is 4.84 Å². The van der Waals surface area contributed by atoms with Crippen LogP contribution < -0.4 is 5.90 Å². The second-order valence-electron chi connectivity index (χ2n) is 2.89. The summed E-state index contributed by atoms with van der Waals surface area (Å²) in [5, 5.41) is 0. The molecule has 0 amide bonds. The smallest absolute Gasteiger partial charge is 0.103 e. The van der Waals surface area contributed by atoms with Crippen molar-refractivity contribution < 1.29 is 9.23 Å². The van der Waals surface area contributed by atoms with Crippen LogP contribution in [0.15, 0.2) is 0 Å². The van der Waals surface area contributed by atoms with Gasteiger partial charge in [-0.3, -0.25) is 0 Å². The molecule has 4 heteroatoms. The van der Waals surface area contributed by atoms with Crippen LogP contribution in [0.4, 0.5) is 4.39 Å². The van der Waals surface area contributed by atoms with Gasteiger partial charge in [0.25, 0.3) is 0 Å². The van der Waals surface area contributed by atoms with Crippen molar-refractivity contribution in [3.05, 3.63) is 0 Å². The van der Waals surface area contributed by atoms with Gasteiger partial charge >= 0.3 is 0 Å². The van der Waals surface area contributed by atoms with Crippen molar-refractivity contribution in [1.29, 1.82) is 0 Å². The van der Waals surface area contributed by atoms with Gasteiger partial charge in [0, 0.05) is 19.6 Å². The monoisotopic (exact) mass is 162 g/mol. The van der Waals surface area contributed by atoms with Crippen molar-refractivity contribution >= 4 is 0 Å². The van der Waals surface area contributed by atoms with E-state index < -0.39 is 6.17 Å². The Labute approximate surface area is 66.3 Å². The first-order valence-electron chi connectivity index (χ1n) is 4.01. The molecule has 3 nitrogen and oxygen atoms in total. The van der Waals surface area contributed by atoms with Crippen LogP contribution >= 0.6 is 0 Å². The molecule has 0 saturated carbocycles. The SMILES string of the molecule is NOCCN1CCC(F)CC1. The zero-order valence-corrected chi connectivity index (χ0v) is 6.63. The Morgan fingerprint density at radius 3 is 2.64 bits per heavy atom. The van der Waals surface area contributed by atoms with Crippen molar-refractivity contribution in [1.82, 2.24) is 4.90 Å². The first-order chi connectivity index (χ1) is 5.33. The summed E-state index contributed by atoms with van der Waals surface area (Å²) in [6.45, 7) is 3.04. The number of piperidine rings is 1. The van der Waals surface area contributed by atoms with Gasteiger partial charge in [-0.25, -0.2) is 10.3 Å². The molecule has 1 rings (SSSR count). The van der Waals surface area contributed by atoms with Crippen molar-refractivity contribution in [2.45, 2.75) is 19.0 Å². The van der Waals surface area contributed by atoms with Crippen LogP contribution in [0.2, 0.25) is 0 Å². The van der Waals surface area contributed by atoms with E-state index in [9.17, 15) is 4.39 Å². The molecule has 0 aliphatic carbocycles. The van der Waals surface area contributed by atoms with Gasteiger partial charge < -0.3 is 9.74 Å². The van der Waals surface area contributed by atoms with E-state index in [2.05, 4.69) is 9.74 Å². The lowest BCUT2D eigenvalue weighted by Gasteiger charge is -2.27. The molecule has 0 aromatic heterocycles. The van der Waals surface area contributed by atoms with E-state index >= 15 is 0 Å². The number of rotatable bonds is 3. The molecule has 0 spiro atoms. The minimum Gasteiger partial charge on any atom is -0.303 e. The minimum absolute atomic E-state index is 0.539. The zero-order valence-electron chi connectivity index (χ0n) is 6.63. The van der Waals surface area contributed by atoms with E-state index in [1.807, 2.05) is 0 Å². The third-order valence-electron chi connectivity index (χ3n) is 2.04. The quantitative estimate of drug-likeness (QED) is 0.607. The Kier molecular flexibility index (Phi) is 3.76. The Hall–Kier alpha value is -0.190. The number of likely N-dealkylation sites (tertiary alicyclic amines) is 1. The lowest BCUT2D eigenvalue weighted by atomic mass is 10.1. The fourth-order valence-electron chi connectivity index (χ4n) is 1.31. The summed E-state index contributed by atoms with van der Waals surface area (Å²) >= 11 is 0. The van der Waals surface area contributed by atoms with E-state index in [0.29, 0.717) is 19.4 Å². The summed E-state index contributed by atoms with van der Waals surface area (Å²) in [7, 11) is 0. The minimum atomic E-state index is -0.593. The molecule has 2 N–H and O–H groups in total. The van der Waals surface area contributed by atoms with Gasteiger partial charge in [0.05, 0.1) is 6.61 Å². The Bertz CT molecular complexity index is 102. The van der Waals surface area contributed by atoms with Crippen LogP contribution in [0, 0.1) is 0 Å². The highest BCUT2D eigenvalue weighted by molar-refractivity contribution is 4.70. The maximum Gasteiger partial charge on any atom is 0.103 e. The summed E-state index contributed by atoms with van der Waals surface area (Å²) in [5.41, 5.74) is 0. The van der Waals surface area contributed by atoms with Crippen molar-refractivity contribution in [3.63, 3.8) is 0 Å². The van der Waals surface area contributed by atoms with Gasteiger partial charge in [0.1, 0.15) is 6.17 Å². The van der Waals surface area contributed by atoms with E-state index in [1.54, 1.807) is 0 Å². The molecule has 0 unspecified atom stereocenters. The highest BCUT2D eigenvalue weighted by atomic mass is 19.1. The maximum absolute atomic E-state index is 12.6. The Balaban J connectivity index is 2.07. The molecule has 0 bridgehead atoms. The highest BCUT2D eigenvalue weighted by Crippen LogP contribution is 2.12. The largest absolute Gasteiger partial charge is 0.303 e. The normalized spacial score (nSPS) is 22.4. The molecular formula is C7H15FN2O. The average molecular weight is 162 g/mol. The molecule has 1 saturated heterocycles. The first-order valence-corrected chi connectivity index (χ1v) is 4.01. The second kappa shape index (κ2) is 4.64. The third kappa shape index (κ3) is 3.14. The van der Waals surface area contributed by atoms with E-state index in [0.717, 1.165) is 19.6 Å². The summed E-state index contributed by atoms with van der Waals surface area (Å²) < 4.78 is 12.6. The lowest BCUT2D eigenvalue weighted by molar-refractivity contribution is 0.0828. The van der Waals surface area contributed by atoms with Gasteiger partial charge in [-0.15, -0.1) is 0 Å². The number of nitrogens with zero attached hydrogens (tertiary/aromatic N) is 1. The first kappa shape index (κ1) is 8.90. The Morgan fingerprint density at radius 2 is 2.09 bits per heavy atom. The summed E-state index contributed by atoms with van der Waals surface area (Å²) in [6, 6.07) is 0. The van der Waals surface area contributed by atoms with Crippen LogP contribution in [0.5, 0.6) is 0 Å². The van der Waals surface area contributed by atoms with Crippen LogP contribution in [-0.4, -0.2) is 37.3 Å². The molecular weight excluding hydrogens is 147 g/mol. The van der Waals surface area contributed by atoms with Gasteiger partial charge in [-0.1, -0.05) is 0 Å². The Morgan fingerprint density at radius 1 is 1.45 bits per heavy atom. The number of hydrogen-bond donors (Lipinski definition) is 1. The average Bonchev–Trinajstić information content (AvgIpc) is 2.04. The molecule has 1 aliphatic rings. The molecule has 0 aromatic carbocycles. The topological polar surface area (TPSA) is 38.5 Å². The number of halogens is 1. The van der Waals surface area contributed by atoms with Gasteiger partial charge in [0.2, 0.25) is 0 Å². The van der Waals surface area contributed by atoms with Crippen molar-refractivity contribution in [2.24, 2.45) is 5.90 Å². The summed E-state index contributed by atoms with van der Waals surface area (Å²) in [5.74, 6) is 4.87. The molecule has 1 aliphatic heterocycles. The molecule has 11 heavy (non-hydrogen) atoms. The predicted octanol–water partition coefficient (Wildman–Crippen LogP) is 0.311. The number of hydrogen-bond acceptors (Lipinski definition) is 3. The lowest BCUT2D eigenvalue weighted by Crippen LogP contribution is -2.36. The maximum atomic E-state index is 12.6. The fraction of sp³-hybridized carbons (Fsp3) is 1.00. The molecule has 1 heterocycles. The van der Waals surface area contributed by atoms with Gasteiger partial charge in [-0.2, -0.15) is 0 Å². The van der Waals surface area contributed by atoms with Crippen LogP contribution in [0.25, 0.3) is 0 Å². The molecule has 1 fully saturated rings. The second-order valence-corrected chi connectivity index (χ2v) is 2.89. The van der Waals surface area contributed by atoms with Gasteiger partial charge in [-0.05, 0) is 12.8 Å². The molecule has 0 radical (unpaired) electrons. The van der Waals surface area contributed by atoms with Crippen LogP contribution in [0.1, 0.15) is 12.8 Å². The highest BCUT2D eigenvalue weighted by Gasteiger charge is 2.17. The van der Waals surface area contributed by atoms with Crippen molar-refractivity contribution in [2.75, 3.05) is 26.2 Å². The third-order valence-corrected chi connectivity index (χ3v) is 2.04. The van der Waals surface area contributed by atoms with E-state index in [4.69, 9.17) is 5.90 Å². The van der Waals surface area contributed by atoms with Crippen molar-refractivity contribution in [3.8, 4) is 0 Å².